The molecular formula is C14H19N3O3S. The Morgan fingerprint density at radius 3 is 2.86 bits per heavy atom. The van der Waals surface area contributed by atoms with Crippen LogP contribution in [-0.4, -0.2) is 34.9 Å². The fourth-order valence-electron chi connectivity index (χ4n) is 2.20. The summed E-state index contributed by atoms with van der Waals surface area (Å²) in [5, 5.41) is 17.3. The minimum absolute atomic E-state index is 0.0121. The third-order valence-electron chi connectivity index (χ3n) is 3.44. The van der Waals surface area contributed by atoms with Crippen LogP contribution in [0, 0.1) is 17.0 Å². The van der Waals surface area contributed by atoms with E-state index >= 15 is 0 Å². The number of non-ortho nitro benzene ring substituents is 1. The molecule has 1 amide bonds. The molecule has 7 heteroatoms. The van der Waals surface area contributed by atoms with Gasteiger partial charge >= 0.3 is 0 Å². The maximum Gasteiger partial charge on any atom is 0.271 e. The Bertz CT molecular complexity index is 530. The fourth-order valence-corrected chi connectivity index (χ4v) is 3.23. The van der Waals surface area contributed by atoms with E-state index in [2.05, 4.69) is 10.6 Å². The Kier molecular flexibility index (Phi) is 5.58. The van der Waals surface area contributed by atoms with Crippen molar-refractivity contribution in [3.05, 3.63) is 33.9 Å². The summed E-state index contributed by atoms with van der Waals surface area (Å²) in [6.07, 6.45) is 2.15. The molecule has 1 saturated heterocycles. The number of carbonyl (C=O) groups is 1. The molecule has 0 aliphatic carbocycles. The van der Waals surface area contributed by atoms with Crippen LogP contribution in [0.4, 0.5) is 11.4 Å². The first-order chi connectivity index (χ1) is 10.1. The van der Waals surface area contributed by atoms with E-state index in [4.69, 9.17) is 0 Å². The van der Waals surface area contributed by atoms with Crippen LogP contribution in [0.1, 0.15) is 18.4 Å². The topological polar surface area (TPSA) is 84.3 Å². The van der Waals surface area contributed by atoms with E-state index in [1.165, 1.54) is 12.1 Å². The molecule has 21 heavy (non-hydrogen) atoms. The number of benzene rings is 1. The van der Waals surface area contributed by atoms with Gasteiger partial charge < -0.3 is 10.6 Å². The maximum absolute atomic E-state index is 12.0. The number of hydrogen-bond acceptors (Lipinski definition) is 5. The third-order valence-corrected chi connectivity index (χ3v) is 4.81. The monoisotopic (exact) mass is 309 g/mol. The predicted molar refractivity (Wildman–Crippen MR) is 84.8 cm³/mol. The largest absolute Gasteiger partial charge is 0.325 e. The molecule has 0 radical (unpaired) electrons. The third kappa shape index (κ3) is 4.71. The predicted octanol–water partition coefficient (Wildman–Crippen LogP) is 2.33. The number of nitrogens with one attached hydrogen (secondary N) is 2. The second-order valence-electron chi connectivity index (χ2n) is 5.06. The van der Waals surface area contributed by atoms with E-state index in [1.807, 2.05) is 6.92 Å². The lowest BCUT2D eigenvalue weighted by Crippen LogP contribution is -2.30. The first-order valence-corrected chi connectivity index (χ1v) is 7.98. The molecular weight excluding hydrogens is 290 g/mol. The molecule has 1 fully saturated rings. The van der Waals surface area contributed by atoms with Crippen LogP contribution in [0.15, 0.2) is 18.2 Å². The van der Waals surface area contributed by atoms with Crippen LogP contribution in [0.3, 0.4) is 0 Å². The van der Waals surface area contributed by atoms with E-state index in [1.54, 1.807) is 17.8 Å². The van der Waals surface area contributed by atoms with Gasteiger partial charge in [0.05, 0.1) is 16.4 Å². The van der Waals surface area contributed by atoms with Crippen molar-refractivity contribution in [3.8, 4) is 0 Å². The van der Waals surface area contributed by atoms with Crippen LogP contribution in [0.2, 0.25) is 0 Å². The zero-order chi connectivity index (χ0) is 15.2. The van der Waals surface area contributed by atoms with E-state index in [0.717, 1.165) is 31.5 Å². The van der Waals surface area contributed by atoms with Crippen molar-refractivity contribution in [2.24, 2.45) is 0 Å². The second kappa shape index (κ2) is 7.42. The van der Waals surface area contributed by atoms with Crippen molar-refractivity contribution < 1.29 is 9.72 Å². The minimum atomic E-state index is -0.459. The number of hydrogen-bond donors (Lipinski definition) is 2. The highest BCUT2D eigenvalue weighted by molar-refractivity contribution is 8.00. The Morgan fingerprint density at radius 2 is 2.19 bits per heavy atom. The zero-order valence-corrected chi connectivity index (χ0v) is 12.7. The van der Waals surface area contributed by atoms with Crippen molar-refractivity contribution in [1.82, 2.24) is 5.32 Å². The summed E-state index contributed by atoms with van der Waals surface area (Å²) < 4.78 is 0. The van der Waals surface area contributed by atoms with E-state index < -0.39 is 4.92 Å². The summed E-state index contributed by atoms with van der Waals surface area (Å²) in [6, 6.07) is 4.49. The number of thioether (sulfide) groups is 1. The highest BCUT2D eigenvalue weighted by atomic mass is 32.2. The minimum Gasteiger partial charge on any atom is -0.325 e. The van der Waals surface area contributed by atoms with Crippen molar-refractivity contribution >= 4 is 29.0 Å². The number of nitro benzene ring substituents is 1. The number of nitrogens with zero attached hydrogens (tertiary/aromatic N) is 1. The molecule has 1 heterocycles. The lowest BCUT2D eigenvalue weighted by atomic mass is 10.2. The molecule has 1 aromatic rings. The SMILES string of the molecule is Cc1ccc([N+](=O)[O-])cc1NC(=O)CSC1CCNCC1. The molecule has 1 aromatic carbocycles. The van der Waals surface area contributed by atoms with Crippen LogP contribution in [0.25, 0.3) is 0 Å². The molecule has 2 N–H and O–H groups in total. The van der Waals surface area contributed by atoms with E-state index in [0.29, 0.717) is 16.7 Å². The van der Waals surface area contributed by atoms with Crippen molar-refractivity contribution in [1.29, 1.82) is 0 Å². The molecule has 0 saturated carbocycles. The Labute approximate surface area is 127 Å². The second-order valence-corrected chi connectivity index (χ2v) is 6.35. The molecule has 0 aromatic heterocycles. The van der Waals surface area contributed by atoms with Crippen LogP contribution >= 0.6 is 11.8 Å². The number of anilines is 1. The van der Waals surface area contributed by atoms with Gasteiger partial charge in [0.1, 0.15) is 0 Å². The standard InChI is InChI=1S/C14H19N3O3S/c1-10-2-3-11(17(19)20)8-13(10)16-14(18)9-21-12-4-6-15-7-5-12/h2-3,8,12,15H,4-7,9H2,1H3,(H,16,18). The molecule has 114 valence electrons. The summed E-state index contributed by atoms with van der Waals surface area (Å²) in [5.41, 5.74) is 1.32. The molecule has 0 atom stereocenters. The average molecular weight is 309 g/mol. The van der Waals surface area contributed by atoms with Gasteiger partial charge in [-0.05, 0) is 38.4 Å². The van der Waals surface area contributed by atoms with E-state index in [9.17, 15) is 14.9 Å². The van der Waals surface area contributed by atoms with Gasteiger partial charge in [-0.2, -0.15) is 0 Å². The van der Waals surface area contributed by atoms with Gasteiger partial charge in [0, 0.05) is 17.4 Å². The normalized spacial score (nSPS) is 15.7. The smallest absolute Gasteiger partial charge is 0.271 e. The Balaban J connectivity index is 1.89. The molecule has 2 rings (SSSR count). The fraction of sp³-hybridized carbons (Fsp3) is 0.500. The van der Waals surface area contributed by atoms with Gasteiger partial charge in [-0.1, -0.05) is 6.07 Å². The van der Waals surface area contributed by atoms with Crippen molar-refractivity contribution in [2.45, 2.75) is 25.0 Å². The van der Waals surface area contributed by atoms with Gasteiger partial charge in [0.15, 0.2) is 0 Å². The van der Waals surface area contributed by atoms with Crippen LogP contribution in [-0.2, 0) is 4.79 Å². The quantitative estimate of drug-likeness (QED) is 0.644. The van der Waals surface area contributed by atoms with Crippen LogP contribution in [0.5, 0.6) is 0 Å². The molecule has 6 nitrogen and oxygen atoms in total. The van der Waals surface area contributed by atoms with Gasteiger partial charge in [-0.3, -0.25) is 14.9 Å². The maximum atomic E-state index is 12.0. The van der Waals surface area contributed by atoms with Gasteiger partial charge in [-0.25, -0.2) is 0 Å². The first kappa shape index (κ1) is 15.8. The number of aryl methyl sites for hydroxylation is 1. The number of piperidine rings is 1. The number of amides is 1. The summed E-state index contributed by atoms with van der Waals surface area (Å²) >= 11 is 1.66. The Morgan fingerprint density at radius 1 is 1.48 bits per heavy atom. The highest BCUT2D eigenvalue weighted by Crippen LogP contribution is 2.23. The summed E-state index contributed by atoms with van der Waals surface area (Å²) in [5.74, 6) is 0.273. The first-order valence-electron chi connectivity index (χ1n) is 6.93. The summed E-state index contributed by atoms with van der Waals surface area (Å²) in [6.45, 7) is 3.83. The molecule has 1 aliphatic heterocycles. The van der Waals surface area contributed by atoms with Gasteiger partial charge in [0.2, 0.25) is 5.91 Å². The van der Waals surface area contributed by atoms with Gasteiger partial charge in [0.25, 0.3) is 5.69 Å². The lowest BCUT2D eigenvalue weighted by molar-refractivity contribution is -0.384. The van der Waals surface area contributed by atoms with E-state index in [-0.39, 0.29) is 11.6 Å². The zero-order valence-electron chi connectivity index (χ0n) is 11.9. The number of carbonyl (C=O) groups excluding carboxylic acids is 1. The van der Waals surface area contributed by atoms with Gasteiger partial charge in [-0.15, -0.1) is 11.8 Å². The summed E-state index contributed by atoms with van der Waals surface area (Å²) in [7, 11) is 0. The lowest BCUT2D eigenvalue weighted by Gasteiger charge is -2.21. The molecule has 1 aliphatic rings. The Hall–Kier alpha value is -1.60. The van der Waals surface area contributed by atoms with Crippen molar-refractivity contribution in [3.63, 3.8) is 0 Å². The molecule has 0 bridgehead atoms. The summed E-state index contributed by atoms with van der Waals surface area (Å²) in [4.78, 5) is 22.3. The number of nitro groups is 1. The molecule has 0 spiro atoms. The van der Waals surface area contributed by atoms with Crippen molar-refractivity contribution in [2.75, 3.05) is 24.2 Å². The highest BCUT2D eigenvalue weighted by Gasteiger charge is 2.16. The molecule has 0 unspecified atom stereocenters. The average Bonchev–Trinajstić information content (AvgIpc) is 2.48. The number of rotatable bonds is 5. The van der Waals surface area contributed by atoms with Crippen LogP contribution < -0.4 is 10.6 Å².